The maximum atomic E-state index is 12.4. The van der Waals surface area contributed by atoms with Gasteiger partial charge in [-0.3, -0.25) is 9.78 Å². The van der Waals surface area contributed by atoms with Crippen LogP contribution >= 0.6 is 0 Å². The molecule has 1 saturated heterocycles. The minimum Gasteiger partial charge on any atom is -0.490 e. The van der Waals surface area contributed by atoms with E-state index in [1.54, 1.807) is 12.4 Å². The molecule has 1 aromatic heterocycles. The zero-order valence-corrected chi connectivity index (χ0v) is 19.8. The lowest BCUT2D eigenvalue weighted by Gasteiger charge is -2.34. The molecule has 0 radical (unpaired) electrons. The van der Waals surface area contributed by atoms with E-state index in [9.17, 15) is 4.79 Å². The van der Waals surface area contributed by atoms with E-state index in [1.165, 1.54) is 0 Å². The average Bonchev–Trinajstić information content (AvgIpc) is 2.86. The van der Waals surface area contributed by atoms with Crippen LogP contribution in [0.4, 0.5) is 5.82 Å². The Labute approximate surface area is 200 Å². The summed E-state index contributed by atoms with van der Waals surface area (Å²) in [5, 5.41) is 0. The van der Waals surface area contributed by atoms with Crippen LogP contribution in [0.3, 0.4) is 0 Å². The van der Waals surface area contributed by atoms with Crippen molar-refractivity contribution in [2.75, 3.05) is 24.6 Å². The number of anilines is 1. The van der Waals surface area contributed by atoms with Gasteiger partial charge in [-0.25, -0.2) is 4.98 Å². The molecule has 1 fully saturated rings. The van der Waals surface area contributed by atoms with E-state index in [0.717, 1.165) is 48.0 Å². The molecule has 7 nitrogen and oxygen atoms in total. The predicted molar refractivity (Wildman–Crippen MR) is 132 cm³/mol. The molecule has 34 heavy (non-hydrogen) atoms. The van der Waals surface area contributed by atoms with Crippen LogP contribution in [0, 0.1) is 0 Å². The third-order valence-corrected chi connectivity index (χ3v) is 6.31. The molecule has 3 aromatic rings. The number of benzene rings is 2. The molecule has 2 atom stereocenters. The van der Waals surface area contributed by atoms with Gasteiger partial charge in [-0.15, -0.1) is 0 Å². The highest BCUT2D eigenvalue weighted by Crippen LogP contribution is 2.31. The molecule has 0 bridgehead atoms. The van der Waals surface area contributed by atoms with E-state index < -0.39 is 5.41 Å². The van der Waals surface area contributed by atoms with Crippen molar-refractivity contribution in [3.05, 3.63) is 78.2 Å². The van der Waals surface area contributed by atoms with E-state index >= 15 is 0 Å². The molecule has 1 aliphatic rings. The maximum absolute atomic E-state index is 12.4. The fourth-order valence-electron chi connectivity index (χ4n) is 4.38. The van der Waals surface area contributed by atoms with Gasteiger partial charge in [-0.1, -0.05) is 42.5 Å². The summed E-state index contributed by atoms with van der Waals surface area (Å²) in [5.74, 6) is 1.92. The number of aromatic nitrogens is 2. The van der Waals surface area contributed by atoms with Gasteiger partial charge in [-0.2, -0.15) is 0 Å². The highest BCUT2D eigenvalue weighted by molar-refractivity contribution is 5.86. The van der Waals surface area contributed by atoms with Crippen LogP contribution in [0.5, 0.6) is 11.5 Å². The topological polar surface area (TPSA) is 90.6 Å². The number of rotatable bonds is 9. The van der Waals surface area contributed by atoms with Crippen LogP contribution in [-0.2, 0) is 16.6 Å². The molecule has 2 unspecified atom stereocenters. The first-order chi connectivity index (χ1) is 16.5. The number of carbonyl (C=O) groups is 1. The molecule has 2 N–H and O–H groups in total. The van der Waals surface area contributed by atoms with Crippen LogP contribution in [0.15, 0.2) is 67.0 Å². The van der Waals surface area contributed by atoms with Crippen molar-refractivity contribution < 1.29 is 14.3 Å². The molecule has 0 spiro atoms. The lowest BCUT2D eigenvalue weighted by molar-refractivity contribution is -0.123. The molecule has 4 rings (SSSR count). The van der Waals surface area contributed by atoms with Gasteiger partial charge in [-0.05, 0) is 44.4 Å². The van der Waals surface area contributed by atoms with Crippen molar-refractivity contribution in [2.45, 2.75) is 44.6 Å². The number of carbonyl (C=O) groups excluding carboxylic acids is 1. The molecule has 2 aromatic carbocycles. The second kappa shape index (κ2) is 10.5. The van der Waals surface area contributed by atoms with Crippen molar-refractivity contribution in [3.63, 3.8) is 0 Å². The summed E-state index contributed by atoms with van der Waals surface area (Å²) in [6, 6.07) is 17.4. The highest BCUT2D eigenvalue weighted by atomic mass is 16.5. The molecule has 7 heteroatoms. The van der Waals surface area contributed by atoms with Gasteiger partial charge in [0.1, 0.15) is 11.9 Å². The van der Waals surface area contributed by atoms with Crippen molar-refractivity contribution in [2.24, 2.45) is 5.73 Å². The molecular formula is C27H32N4O3. The standard InChI is InChI=1S/C27H32N4O3/c1-3-33-23-13-7-8-14-24(23)34-22-12-9-15-31(19-22)25-18-29-17-21(30-25)16-27(2,26(28)32)20-10-5-4-6-11-20/h4-8,10-11,13-14,17-18,22H,3,9,12,15-16,19H2,1-2H3,(H2,28,32). The van der Waals surface area contributed by atoms with E-state index in [0.29, 0.717) is 19.6 Å². The SMILES string of the molecule is CCOc1ccccc1OC1CCCN(c2cncc(CC(C)(C(N)=O)c3ccccc3)n2)C1. The number of primary amides is 1. The number of hydrogen-bond acceptors (Lipinski definition) is 6. The molecule has 1 aliphatic heterocycles. The summed E-state index contributed by atoms with van der Waals surface area (Å²) in [6.07, 6.45) is 5.81. The second-order valence-electron chi connectivity index (χ2n) is 8.82. The van der Waals surface area contributed by atoms with Crippen LogP contribution < -0.4 is 20.1 Å². The Kier molecular flexibility index (Phi) is 7.30. The van der Waals surface area contributed by atoms with Gasteiger partial charge in [0, 0.05) is 19.2 Å². The number of amides is 1. The quantitative estimate of drug-likeness (QED) is 0.521. The summed E-state index contributed by atoms with van der Waals surface area (Å²) in [4.78, 5) is 23.9. The predicted octanol–water partition coefficient (Wildman–Crippen LogP) is 3.91. The van der Waals surface area contributed by atoms with E-state index in [2.05, 4.69) is 9.88 Å². The van der Waals surface area contributed by atoms with Crippen molar-refractivity contribution >= 4 is 11.7 Å². The molecule has 0 saturated carbocycles. The van der Waals surface area contributed by atoms with Crippen LogP contribution in [-0.4, -0.2) is 41.7 Å². The maximum Gasteiger partial charge on any atom is 0.228 e. The summed E-state index contributed by atoms with van der Waals surface area (Å²) in [7, 11) is 0. The van der Waals surface area contributed by atoms with Gasteiger partial charge in [0.15, 0.2) is 11.5 Å². The Hall–Kier alpha value is -3.61. The Morgan fingerprint density at radius 1 is 1.12 bits per heavy atom. The smallest absolute Gasteiger partial charge is 0.228 e. The van der Waals surface area contributed by atoms with Crippen LogP contribution in [0.25, 0.3) is 0 Å². The highest BCUT2D eigenvalue weighted by Gasteiger charge is 2.34. The lowest BCUT2D eigenvalue weighted by atomic mass is 9.78. The van der Waals surface area contributed by atoms with Crippen LogP contribution in [0.1, 0.15) is 37.9 Å². The summed E-state index contributed by atoms with van der Waals surface area (Å²) >= 11 is 0. The van der Waals surface area contributed by atoms with Gasteiger partial charge >= 0.3 is 0 Å². The third-order valence-electron chi connectivity index (χ3n) is 6.31. The van der Waals surface area contributed by atoms with Crippen molar-refractivity contribution in [1.82, 2.24) is 9.97 Å². The van der Waals surface area contributed by atoms with Crippen molar-refractivity contribution in [3.8, 4) is 11.5 Å². The van der Waals surface area contributed by atoms with Gasteiger partial charge in [0.05, 0.1) is 30.5 Å². The van der Waals surface area contributed by atoms with E-state index in [1.807, 2.05) is 68.4 Å². The molecular weight excluding hydrogens is 428 g/mol. The summed E-state index contributed by atoms with van der Waals surface area (Å²) in [5.41, 5.74) is 6.56. The number of hydrogen-bond donors (Lipinski definition) is 1. The van der Waals surface area contributed by atoms with Gasteiger partial charge < -0.3 is 20.1 Å². The number of nitrogens with zero attached hydrogens (tertiary/aromatic N) is 3. The minimum absolute atomic E-state index is 0.0148. The first-order valence-electron chi connectivity index (χ1n) is 11.8. The minimum atomic E-state index is -0.870. The monoisotopic (exact) mass is 460 g/mol. The molecule has 2 heterocycles. The fraction of sp³-hybridized carbons (Fsp3) is 0.370. The van der Waals surface area contributed by atoms with E-state index in [-0.39, 0.29) is 12.0 Å². The largest absolute Gasteiger partial charge is 0.490 e. The lowest BCUT2D eigenvalue weighted by Crippen LogP contribution is -2.42. The second-order valence-corrected chi connectivity index (χ2v) is 8.82. The normalized spacial score (nSPS) is 17.6. The van der Waals surface area contributed by atoms with Gasteiger partial charge in [0.2, 0.25) is 5.91 Å². The number of piperidine rings is 1. The zero-order chi connectivity index (χ0) is 24.0. The molecule has 178 valence electrons. The Balaban J connectivity index is 1.50. The fourth-order valence-corrected chi connectivity index (χ4v) is 4.38. The summed E-state index contributed by atoms with van der Waals surface area (Å²) < 4.78 is 12.0. The average molecular weight is 461 g/mol. The zero-order valence-electron chi connectivity index (χ0n) is 19.8. The third kappa shape index (κ3) is 5.30. The van der Waals surface area contributed by atoms with Crippen molar-refractivity contribution in [1.29, 1.82) is 0 Å². The van der Waals surface area contributed by atoms with E-state index in [4.69, 9.17) is 20.2 Å². The molecule has 1 amide bonds. The number of nitrogens with two attached hydrogens (primary N) is 1. The first-order valence-corrected chi connectivity index (χ1v) is 11.8. The number of ether oxygens (including phenoxy) is 2. The van der Waals surface area contributed by atoms with Crippen LogP contribution in [0.2, 0.25) is 0 Å². The Morgan fingerprint density at radius 3 is 2.59 bits per heavy atom. The summed E-state index contributed by atoms with van der Waals surface area (Å²) in [6.45, 7) is 5.99. The Bertz CT molecular complexity index is 1110. The Morgan fingerprint density at radius 2 is 1.85 bits per heavy atom. The molecule has 0 aliphatic carbocycles. The first kappa shape index (κ1) is 23.5. The van der Waals surface area contributed by atoms with Gasteiger partial charge in [0.25, 0.3) is 0 Å². The number of para-hydroxylation sites is 2.